The van der Waals surface area contributed by atoms with Gasteiger partial charge in [-0.05, 0) is 61.5 Å². The van der Waals surface area contributed by atoms with Gasteiger partial charge in [0, 0.05) is 30.6 Å². The SMILES string of the molecule is CCNC(=O)c1ccc(N=C2SC(=C3Sc4ccccc4N3C)C(=O)N2Cc2ccccc2)c(NCC)c1. The zero-order chi connectivity index (χ0) is 26.6. The molecule has 0 spiro atoms. The fraction of sp³-hybridized carbons (Fsp3) is 0.207. The lowest BCUT2D eigenvalue weighted by Crippen LogP contribution is -2.29. The maximum absolute atomic E-state index is 13.9. The highest BCUT2D eigenvalue weighted by molar-refractivity contribution is 8.19. The molecule has 0 radical (unpaired) electrons. The van der Waals surface area contributed by atoms with Crippen molar-refractivity contribution in [1.29, 1.82) is 0 Å². The summed E-state index contributed by atoms with van der Waals surface area (Å²) in [5.41, 5.74) is 4.10. The first-order valence-corrected chi connectivity index (χ1v) is 14.2. The minimum Gasteiger partial charge on any atom is -0.384 e. The van der Waals surface area contributed by atoms with Crippen LogP contribution in [0.5, 0.6) is 0 Å². The third kappa shape index (κ3) is 5.16. The van der Waals surface area contributed by atoms with E-state index in [1.54, 1.807) is 22.7 Å². The maximum atomic E-state index is 13.9. The first kappa shape index (κ1) is 25.9. The van der Waals surface area contributed by atoms with Gasteiger partial charge in [0.1, 0.15) is 4.91 Å². The van der Waals surface area contributed by atoms with Crippen LogP contribution in [0, 0.1) is 0 Å². The third-order valence-corrected chi connectivity index (χ3v) is 8.59. The molecule has 0 aromatic heterocycles. The molecule has 3 aromatic carbocycles. The molecule has 1 saturated heterocycles. The minimum atomic E-state index is -0.130. The summed E-state index contributed by atoms with van der Waals surface area (Å²) in [6.45, 7) is 5.53. The number of amidine groups is 1. The Morgan fingerprint density at radius 2 is 1.71 bits per heavy atom. The van der Waals surface area contributed by atoms with Crippen molar-refractivity contribution in [3.05, 3.63) is 93.9 Å². The monoisotopic (exact) mass is 543 g/mol. The number of carbonyl (C=O) groups excluding carboxylic acids is 2. The number of hydrogen-bond donors (Lipinski definition) is 2. The topological polar surface area (TPSA) is 77.0 Å². The Morgan fingerprint density at radius 3 is 2.45 bits per heavy atom. The molecule has 0 saturated carbocycles. The van der Waals surface area contributed by atoms with E-state index in [0.29, 0.717) is 41.0 Å². The highest BCUT2D eigenvalue weighted by Gasteiger charge is 2.39. The molecule has 0 atom stereocenters. The normalized spacial score (nSPS) is 17.8. The second-order valence-electron chi connectivity index (χ2n) is 8.76. The van der Waals surface area contributed by atoms with Crippen molar-refractivity contribution in [1.82, 2.24) is 10.2 Å². The lowest BCUT2D eigenvalue weighted by Gasteiger charge is -2.17. The van der Waals surface area contributed by atoms with Crippen molar-refractivity contribution in [2.45, 2.75) is 25.3 Å². The zero-order valence-corrected chi connectivity index (χ0v) is 23.2. The molecule has 2 heterocycles. The van der Waals surface area contributed by atoms with E-state index in [9.17, 15) is 9.59 Å². The molecular formula is C29H29N5O2S2. The van der Waals surface area contributed by atoms with E-state index in [2.05, 4.69) is 27.7 Å². The van der Waals surface area contributed by atoms with Gasteiger partial charge in [0.15, 0.2) is 5.17 Å². The van der Waals surface area contributed by atoms with Crippen molar-refractivity contribution < 1.29 is 9.59 Å². The first-order chi connectivity index (χ1) is 18.5. The first-order valence-electron chi connectivity index (χ1n) is 12.5. The number of nitrogens with zero attached hydrogens (tertiary/aromatic N) is 3. The predicted molar refractivity (Wildman–Crippen MR) is 158 cm³/mol. The van der Waals surface area contributed by atoms with Crippen LogP contribution in [0.3, 0.4) is 0 Å². The van der Waals surface area contributed by atoms with Crippen LogP contribution in [0.25, 0.3) is 0 Å². The van der Waals surface area contributed by atoms with Crippen LogP contribution in [0.1, 0.15) is 29.8 Å². The number of anilines is 2. The molecule has 9 heteroatoms. The molecule has 3 aromatic rings. The van der Waals surface area contributed by atoms with Crippen molar-refractivity contribution in [3.8, 4) is 0 Å². The van der Waals surface area contributed by atoms with Crippen LogP contribution in [-0.2, 0) is 11.3 Å². The van der Waals surface area contributed by atoms with E-state index in [1.807, 2.05) is 75.5 Å². The van der Waals surface area contributed by atoms with E-state index < -0.39 is 0 Å². The molecule has 2 aliphatic heterocycles. The number of nitrogens with one attached hydrogen (secondary N) is 2. The number of thioether (sulfide) groups is 2. The molecule has 1 fully saturated rings. The largest absolute Gasteiger partial charge is 0.384 e. The van der Waals surface area contributed by atoms with Crippen LogP contribution in [-0.4, -0.2) is 42.0 Å². The summed E-state index contributed by atoms with van der Waals surface area (Å²) < 4.78 is 0. The zero-order valence-electron chi connectivity index (χ0n) is 21.5. The Labute approximate surface area is 231 Å². The predicted octanol–water partition coefficient (Wildman–Crippen LogP) is 6.04. The smallest absolute Gasteiger partial charge is 0.269 e. The second-order valence-corrected chi connectivity index (χ2v) is 10.8. The van der Waals surface area contributed by atoms with Crippen molar-refractivity contribution in [2.24, 2.45) is 4.99 Å². The van der Waals surface area contributed by atoms with Gasteiger partial charge in [-0.2, -0.15) is 0 Å². The van der Waals surface area contributed by atoms with Crippen molar-refractivity contribution >= 4 is 57.6 Å². The van der Waals surface area contributed by atoms with Crippen LogP contribution >= 0.6 is 23.5 Å². The van der Waals surface area contributed by atoms with E-state index in [-0.39, 0.29) is 11.8 Å². The highest BCUT2D eigenvalue weighted by Crippen LogP contribution is 2.50. The van der Waals surface area contributed by atoms with Crippen LogP contribution in [0.4, 0.5) is 17.1 Å². The van der Waals surface area contributed by atoms with Crippen LogP contribution < -0.4 is 15.5 Å². The molecule has 2 amide bonds. The fourth-order valence-electron chi connectivity index (χ4n) is 4.30. The Kier molecular flexibility index (Phi) is 7.76. The molecular weight excluding hydrogens is 514 g/mol. The number of aliphatic imine (C=N–C) groups is 1. The maximum Gasteiger partial charge on any atom is 0.269 e. The summed E-state index contributed by atoms with van der Waals surface area (Å²) >= 11 is 3.00. The number of amides is 2. The van der Waals surface area contributed by atoms with E-state index in [4.69, 9.17) is 4.99 Å². The van der Waals surface area contributed by atoms with Gasteiger partial charge in [-0.25, -0.2) is 4.99 Å². The third-order valence-electron chi connectivity index (χ3n) is 6.16. The van der Waals surface area contributed by atoms with Gasteiger partial charge in [-0.1, -0.05) is 54.2 Å². The van der Waals surface area contributed by atoms with Gasteiger partial charge < -0.3 is 15.5 Å². The van der Waals surface area contributed by atoms with Crippen LogP contribution in [0.15, 0.2) is 92.6 Å². The highest BCUT2D eigenvalue weighted by atomic mass is 32.2. The van der Waals surface area contributed by atoms with Gasteiger partial charge >= 0.3 is 0 Å². The molecule has 7 nitrogen and oxygen atoms in total. The molecule has 0 bridgehead atoms. The lowest BCUT2D eigenvalue weighted by atomic mass is 10.1. The van der Waals surface area contributed by atoms with Gasteiger partial charge in [-0.3, -0.25) is 14.5 Å². The van der Waals surface area contributed by atoms with E-state index in [0.717, 1.165) is 26.9 Å². The van der Waals surface area contributed by atoms with Crippen LogP contribution in [0.2, 0.25) is 0 Å². The van der Waals surface area contributed by atoms with Gasteiger partial charge in [-0.15, -0.1) is 0 Å². The average Bonchev–Trinajstić information content (AvgIpc) is 3.42. The quantitative estimate of drug-likeness (QED) is 0.354. The summed E-state index contributed by atoms with van der Waals surface area (Å²) in [7, 11) is 2.00. The van der Waals surface area contributed by atoms with Gasteiger partial charge in [0.05, 0.1) is 28.6 Å². The molecule has 2 aliphatic rings. The lowest BCUT2D eigenvalue weighted by molar-refractivity contribution is -0.122. The fourth-order valence-corrected chi connectivity index (χ4v) is 6.63. The molecule has 2 N–H and O–H groups in total. The molecule has 38 heavy (non-hydrogen) atoms. The number of hydrogen-bond acceptors (Lipinski definition) is 7. The number of fused-ring (bicyclic) bond motifs is 1. The molecule has 0 aliphatic carbocycles. The van der Waals surface area contributed by atoms with Crippen molar-refractivity contribution in [2.75, 3.05) is 30.4 Å². The number of para-hydroxylation sites is 1. The summed E-state index contributed by atoms with van der Waals surface area (Å²) in [6.07, 6.45) is 0. The standard InChI is InChI=1S/C29H29N5O2S2/c1-4-30-22-17-20(26(35)31-5-2)15-16-21(22)32-29-34(18-19-11-7-6-8-12-19)27(36)25(38-29)28-33(3)23-13-9-10-14-24(23)37-28/h6-17,30H,4-5,18H2,1-3H3,(H,31,35). The molecule has 5 rings (SSSR count). The number of carbonyl (C=O) groups is 2. The number of benzene rings is 3. The van der Waals surface area contributed by atoms with Crippen molar-refractivity contribution in [3.63, 3.8) is 0 Å². The molecule has 0 unspecified atom stereocenters. The average molecular weight is 544 g/mol. The Hall–Kier alpha value is -3.69. The minimum absolute atomic E-state index is 0.0660. The summed E-state index contributed by atoms with van der Waals surface area (Å²) in [5.74, 6) is -0.196. The summed E-state index contributed by atoms with van der Waals surface area (Å²) in [6, 6.07) is 23.5. The summed E-state index contributed by atoms with van der Waals surface area (Å²) in [4.78, 5) is 36.9. The number of rotatable bonds is 7. The van der Waals surface area contributed by atoms with E-state index in [1.165, 1.54) is 11.8 Å². The Balaban J connectivity index is 1.56. The van der Waals surface area contributed by atoms with Gasteiger partial charge in [0.2, 0.25) is 0 Å². The summed E-state index contributed by atoms with van der Waals surface area (Å²) in [5, 5.41) is 7.68. The Morgan fingerprint density at radius 1 is 0.947 bits per heavy atom. The molecule has 194 valence electrons. The van der Waals surface area contributed by atoms with E-state index >= 15 is 0 Å². The Bertz CT molecular complexity index is 1440. The van der Waals surface area contributed by atoms with Gasteiger partial charge in [0.25, 0.3) is 11.8 Å². The second kappa shape index (κ2) is 11.4.